The van der Waals surface area contributed by atoms with Crippen LogP contribution in [-0.2, 0) is 31.1 Å². The predicted octanol–water partition coefficient (Wildman–Crippen LogP) is 1.92. The van der Waals surface area contributed by atoms with E-state index in [0.29, 0.717) is 34.8 Å². The van der Waals surface area contributed by atoms with Crippen molar-refractivity contribution in [1.29, 1.82) is 0 Å². The minimum Gasteiger partial charge on any atom is -0.380 e. The van der Waals surface area contributed by atoms with E-state index >= 15 is 0 Å². The van der Waals surface area contributed by atoms with E-state index < -0.39 is 25.8 Å². The van der Waals surface area contributed by atoms with Crippen LogP contribution in [0.2, 0.25) is 0 Å². The van der Waals surface area contributed by atoms with Gasteiger partial charge in [0.2, 0.25) is 10.0 Å². The van der Waals surface area contributed by atoms with Crippen molar-refractivity contribution in [2.75, 3.05) is 19.0 Å². The van der Waals surface area contributed by atoms with Crippen LogP contribution in [0.15, 0.2) is 57.2 Å². The molecule has 172 valence electrons. The van der Waals surface area contributed by atoms with Crippen molar-refractivity contribution in [2.24, 2.45) is 10.1 Å². The SMILES string of the molecule is CCOCCn1c(=NC(=O)c2cccc(S(=O)(=O)CC)c2)sc2cc(S(N)(=O)=O)ccc21. The van der Waals surface area contributed by atoms with Gasteiger partial charge in [-0.05, 0) is 43.3 Å². The maximum absolute atomic E-state index is 12.9. The third-order valence-electron chi connectivity index (χ3n) is 4.66. The molecule has 32 heavy (non-hydrogen) atoms. The van der Waals surface area contributed by atoms with Gasteiger partial charge in [0.1, 0.15) is 0 Å². The van der Waals surface area contributed by atoms with Crippen LogP contribution in [0.3, 0.4) is 0 Å². The predicted molar refractivity (Wildman–Crippen MR) is 122 cm³/mol. The van der Waals surface area contributed by atoms with Gasteiger partial charge in [-0.2, -0.15) is 4.99 Å². The lowest BCUT2D eigenvalue weighted by Crippen LogP contribution is -2.20. The van der Waals surface area contributed by atoms with Crippen LogP contribution in [0, 0.1) is 0 Å². The number of nitrogens with two attached hydrogens (primary N) is 1. The van der Waals surface area contributed by atoms with Crippen LogP contribution in [-0.4, -0.2) is 46.3 Å². The van der Waals surface area contributed by atoms with Gasteiger partial charge in [-0.3, -0.25) is 4.79 Å². The summed E-state index contributed by atoms with van der Waals surface area (Å²) < 4.78 is 55.5. The van der Waals surface area contributed by atoms with Crippen LogP contribution in [0.25, 0.3) is 10.2 Å². The lowest BCUT2D eigenvalue weighted by Gasteiger charge is -2.06. The second-order valence-electron chi connectivity index (χ2n) is 6.76. The number of carbonyl (C=O) groups is 1. The van der Waals surface area contributed by atoms with Crippen LogP contribution < -0.4 is 9.94 Å². The Morgan fingerprint density at radius 1 is 1.09 bits per heavy atom. The maximum Gasteiger partial charge on any atom is 0.279 e. The van der Waals surface area contributed by atoms with Crippen molar-refractivity contribution >= 4 is 47.3 Å². The van der Waals surface area contributed by atoms with Gasteiger partial charge in [0, 0.05) is 18.7 Å². The lowest BCUT2D eigenvalue weighted by atomic mass is 10.2. The molecule has 0 saturated heterocycles. The van der Waals surface area contributed by atoms with Gasteiger partial charge < -0.3 is 9.30 Å². The second-order valence-corrected chi connectivity index (χ2v) is 11.6. The van der Waals surface area contributed by atoms with E-state index in [-0.39, 0.29) is 21.1 Å². The van der Waals surface area contributed by atoms with Crippen molar-refractivity contribution < 1.29 is 26.4 Å². The molecule has 0 unspecified atom stereocenters. The molecule has 3 rings (SSSR count). The minimum atomic E-state index is -3.89. The van der Waals surface area contributed by atoms with Crippen LogP contribution >= 0.6 is 11.3 Å². The van der Waals surface area contributed by atoms with E-state index in [1.54, 1.807) is 10.6 Å². The van der Waals surface area contributed by atoms with Crippen LogP contribution in [0.5, 0.6) is 0 Å². The highest BCUT2D eigenvalue weighted by Crippen LogP contribution is 2.22. The smallest absolute Gasteiger partial charge is 0.279 e. The number of aromatic nitrogens is 1. The van der Waals surface area contributed by atoms with Gasteiger partial charge >= 0.3 is 0 Å². The Bertz CT molecular complexity index is 1440. The van der Waals surface area contributed by atoms with Gasteiger partial charge in [-0.25, -0.2) is 22.0 Å². The number of ether oxygens (including phenoxy) is 1. The zero-order valence-corrected chi connectivity index (χ0v) is 20.0. The second kappa shape index (κ2) is 9.63. The van der Waals surface area contributed by atoms with Crippen molar-refractivity contribution in [2.45, 2.75) is 30.2 Å². The van der Waals surface area contributed by atoms with Gasteiger partial charge in [0.25, 0.3) is 5.91 Å². The summed E-state index contributed by atoms with van der Waals surface area (Å²) in [5, 5.41) is 5.23. The summed E-state index contributed by atoms with van der Waals surface area (Å²) in [6, 6.07) is 10.2. The lowest BCUT2D eigenvalue weighted by molar-refractivity contribution is 0.0996. The molecule has 0 aliphatic heterocycles. The molecule has 1 aromatic heterocycles. The molecule has 0 bridgehead atoms. The molecule has 9 nitrogen and oxygen atoms in total. The van der Waals surface area contributed by atoms with Crippen molar-refractivity contribution in [1.82, 2.24) is 4.57 Å². The molecule has 2 aromatic carbocycles. The van der Waals surface area contributed by atoms with E-state index in [1.807, 2.05) is 6.92 Å². The van der Waals surface area contributed by atoms with Crippen molar-refractivity contribution in [3.05, 3.63) is 52.8 Å². The van der Waals surface area contributed by atoms with Gasteiger partial charge in [-0.1, -0.05) is 24.3 Å². The number of benzene rings is 2. The summed E-state index contributed by atoms with van der Waals surface area (Å²) in [5.41, 5.74) is 0.814. The Balaban J connectivity index is 2.12. The third kappa shape index (κ3) is 5.33. The molecule has 0 spiro atoms. The first-order chi connectivity index (χ1) is 15.1. The number of hydrogen-bond donors (Lipinski definition) is 1. The molecule has 1 amide bonds. The number of rotatable bonds is 8. The zero-order chi connectivity index (χ0) is 23.5. The number of fused-ring (bicyclic) bond motifs is 1. The zero-order valence-electron chi connectivity index (χ0n) is 17.5. The van der Waals surface area contributed by atoms with Crippen molar-refractivity contribution in [3.63, 3.8) is 0 Å². The fourth-order valence-corrected chi connectivity index (χ4v) is 5.61. The topological polar surface area (TPSA) is 138 Å². The highest BCUT2D eigenvalue weighted by Gasteiger charge is 2.16. The highest BCUT2D eigenvalue weighted by atomic mass is 32.2. The first-order valence-electron chi connectivity index (χ1n) is 9.72. The molecular weight excluding hydrogens is 474 g/mol. The molecular formula is C20H23N3O6S3. The average Bonchev–Trinajstić information content (AvgIpc) is 3.09. The molecule has 0 aliphatic rings. The van der Waals surface area contributed by atoms with E-state index in [4.69, 9.17) is 9.88 Å². The number of amides is 1. The Morgan fingerprint density at radius 3 is 2.50 bits per heavy atom. The monoisotopic (exact) mass is 497 g/mol. The van der Waals surface area contributed by atoms with Crippen LogP contribution in [0.4, 0.5) is 0 Å². The fourth-order valence-electron chi connectivity index (χ4n) is 2.97. The summed E-state index contributed by atoms with van der Waals surface area (Å²) in [7, 11) is -7.36. The standard InChI is InChI=1S/C20H23N3O6S3/c1-3-29-11-10-23-17-9-8-16(32(21,27)28)13-18(17)30-20(23)22-19(24)14-6-5-7-15(12-14)31(25,26)4-2/h5-9,12-13H,3-4,10-11H2,1-2H3,(H2,21,27,28). The maximum atomic E-state index is 12.9. The number of sulfone groups is 1. The summed E-state index contributed by atoms with van der Waals surface area (Å²) in [6.07, 6.45) is 0. The molecule has 1 heterocycles. The molecule has 2 N–H and O–H groups in total. The van der Waals surface area contributed by atoms with E-state index in [2.05, 4.69) is 4.99 Å². The first kappa shape index (κ1) is 24.3. The molecule has 0 atom stereocenters. The van der Waals surface area contributed by atoms with E-state index in [0.717, 1.165) is 11.3 Å². The molecule has 0 saturated carbocycles. The number of primary sulfonamides is 1. The fraction of sp³-hybridized carbons (Fsp3) is 0.300. The normalized spacial score (nSPS) is 13.0. The largest absolute Gasteiger partial charge is 0.380 e. The van der Waals surface area contributed by atoms with Gasteiger partial charge in [-0.15, -0.1) is 0 Å². The third-order valence-corrected chi connectivity index (χ3v) is 8.35. The molecule has 0 aliphatic carbocycles. The van der Waals surface area contributed by atoms with Crippen LogP contribution in [0.1, 0.15) is 24.2 Å². The van der Waals surface area contributed by atoms with Gasteiger partial charge in [0.05, 0.1) is 32.4 Å². The number of sulfonamides is 1. The summed E-state index contributed by atoms with van der Waals surface area (Å²) in [4.78, 5) is 17.4. The summed E-state index contributed by atoms with van der Waals surface area (Å²) >= 11 is 1.13. The number of nitrogens with zero attached hydrogens (tertiary/aromatic N) is 2. The number of thiazole rings is 1. The van der Waals surface area contributed by atoms with E-state index in [1.165, 1.54) is 43.3 Å². The van der Waals surface area contributed by atoms with Gasteiger partial charge in [0.15, 0.2) is 14.6 Å². The highest BCUT2D eigenvalue weighted by molar-refractivity contribution is 7.91. The number of hydrogen-bond acceptors (Lipinski definition) is 7. The Labute approximate surface area is 190 Å². The average molecular weight is 498 g/mol. The molecule has 0 fully saturated rings. The molecule has 0 radical (unpaired) electrons. The Kier molecular flexibility index (Phi) is 7.30. The summed E-state index contributed by atoms with van der Waals surface area (Å²) in [6.45, 7) is 4.66. The number of carbonyl (C=O) groups excluding carboxylic acids is 1. The quantitative estimate of drug-likeness (QED) is 0.472. The van der Waals surface area contributed by atoms with Crippen molar-refractivity contribution in [3.8, 4) is 0 Å². The Hall–Kier alpha value is -2.38. The minimum absolute atomic E-state index is 0.0430. The molecule has 3 aromatic rings. The Morgan fingerprint density at radius 2 is 1.84 bits per heavy atom. The van der Waals surface area contributed by atoms with E-state index in [9.17, 15) is 21.6 Å². The molecule has 12 heteroatoms. The first-order valence-corrected chi connectivity index (χ1v) is 13.7. The summed E-state index contributed by atoms with van der Waals surface area (Å²) in [5.74, 6) is -0.691.